The molecule has 0 saturated carbocycles. The monoisotopic (exact) mass is 373 g/mol. The maximum absolute atomic E-state index is 12.4. The standard InChI is InChI=1S/C20H24ClN3O2/c21-17-2-3-18-16(14-17)1-4-19(22-18)23-7-5-15(6-8-23)13-20(25)24-9-11-26-12-10-24/h1-4,14-15H,5-13H2. The van der Waals surface area contributed by atoms with Crippen LogP contribution in [0.5, 0.6) is 0 Å². The molecule has 0 unspecified atom stereocenters. The van der Waals surface area contributed by atoms with Crippen LogP contribution in [0.1, 0.15) is 19.3 Å². The molecule has 2 aromatic rings. The Morgan fingerprint density at radius 3 is 2.65 bits per heavy atom. The number of ether oxygens (including phenoxy) is 1. The Morgan fingerprint density at radius 1 is 1.12 bits per heavy atom. The number of morpholine rings is 1. The summed E-state index contributed by atoms with van der Waals surface area (Å²) in [6.45, 7) is 4.72. The summed E-state index contributed by atoms with van der Waals surface area (Å²) < 4.78 is 5.33. The van der Waals surface area contributed by atoms with Gasteiger partial charge < -0.3 is 14.5 Å². The van der Waals surface area contributed by atoms with Crippen molar-refractivity contribution in [2.24, 2.45) is 5.92 Å². The fourth-order valence-electron chi connectivity index (χ4n) is 3.82. The van der Waals surface area contributed by atoms with E-state index < -0.39 is 0 Å². The van der Waals surface area contributed by atoms with Crippen LogP contribution in [0.15, 0.2) is 30.3 Å². The smallest absolute Gasteiger partial charge is 0.223 e. The summed E-state index contributed by atoms with van der Waals surface area (Å²) in [5.41, 5.74) is 0.969. The number of benzene rings is 1. The van der Waals surface area contributed by atoms with Crippen LogP contribution < -0.4 is 4.90 Å². The summed E-state index contributed by atoms with van der Waals surface area (Å²) in [4.78, 5) is 21.5. The molecule has 6 heteroatoms. The molecule has 2 aliphatic rings. The second-order valence-electron chi connectivity index (χ2n) is 7.13. The van der Waals surface area contributed by atoms with Crippen molar-refractivity contribution < 1.29 is 9.53 Å². The number of carbonyl (C=O) groups is 1. The number of amides is 1. The summed E-state index contributed by atoms with van der Waals surface area (Å²) in [7, 11) is 0. The fraction of sp³-hybridized carbons (Fsp3) is 0.500. The van der Waals surface area contributed by atoms with Gasteiger partial charge in [-0.25, -0.2) is 4.98 Å². The van der Waals surface area contributed by atoms with E-state index in [2.05, 4.69) is 17.0 Å². The van der Waals surface area contributed by atoms with Gasteiger partial charge in [0.25, 0.3) is 0 Å². The number of nitrogens with zero attached hydrogens (tertiary/aromatic N) is 3. The lowest BCUT2D eigenvalue weighted by molar-refractivity contribution is -0.136. The Morgan fingerprint density at radius 2 is 1.88 bits per heavy atom. The van der Waals surface area contributed by atoms with E-state index in [1.807, 2.05) is 23.1 Å². The molecule has 0 aliphatic carbocycles. The van der Waals surface area contributed by atoms with Gasteiger partial charge in [0.15, 0.2) is 0 Å². The first-order chi connectivity index (χ1) is 12.7. The highest BCUT2D eigenvalue weighted by atomic mass is 35.5. The van der Waals surface area contributed by atoms with Crippen molar-refractivity contribution in [3.63, 3.8) is 0 Å². The van der Waals surface area contributed by atoms with Crippen LogP contribution in [0.3, 0.4) is 0 Å². The maximum atomic E-state index is 12.4. The van der Waals surface area contributed by atoms with Crippen molar-refractivity contribution in [1.82, 2.24) is 9.88 Å². The zero-order valence-electron chi connectivity index (χ0n) is 14.9. The molecule has 5 nitrogen and oxygen atoms in total. The third-order valence-corrected chi connectivity index (χ3v) is 5.64. The van der Waals surface area contributed by atoms with Gasteiger partial charge in [-0.3, -0.25) is 4.79 Å². The van der Waals surface area contributed by atoms with Crippen LogP contribution in [0.25, 0.3) is 10.9 Å². The van der Waals surface area contributed by atoms with Gasteiger partial charge in [-0.05, 0) is 49.1 Å². The minimum Gasteiger partial charge on any atom is -0.378 e. The zero-order valence-corrected chi connectivity index (χ0v) is 15.6. The first kappa shape index (κ1) is 17.6. The fourth-order valence-corrected chi connectivity index (χ4v) is 4.00. The Hall–Kier alpha value is -1.85. The van der Waals surface area contributed by atoms with Crippen molar-refractivity contribution in [2.45, 2.75) is 19.3 Å². The molecule has 2 fully saturated rings. The number of piperidine rings is 1. The number of carbonyl (C=O) groups excluding carboxylic acids is 1. The SMILES string of the molecule is O=C(CC1CCN(c2ccc3cc(Cl)ccc3n2)CC1)N1CCOCC1. The highest BCUT2D eigenvalue weighted by molar-refractivity contribution is 6.31. The van der Waals surface area contributed by atoms with Crippen LogP contribution in [0.2, 0.25) is 5.02 Å². The summed E-state index contributed by atoms with van der Waals surface area (Å²) in [6, 6.07) is 9.94. The van der Waals surface area contributed by atoms with Crippen LogP contribution in [-0.4, -0.2) is 55.2 Å². The van der Waals surface area contributed by atoms with Gasteiger partial charge in [0.2, 0.25) is 5.91 Å². The largest absolute Gasteiger partial charge is 0.378 e. The Kier molecular flexibility index (Phi) is 5.27. The molecule has 0 bridgehead atoms. The molecule has 2 saturated heterocycles. The van der Waals surface area contributed by atoms with Crippen LogP contribution in [0, 0.1) is 5.92 Å². The molecule has 1 aromatic carbocycles. The van der Waals surface area contributed by atoms with E-state index in [9.17, 15) is 4.79 Å². The van der Waals surface area contributed by atoms with E-state index in [1.54, 1.807) is 0 Å². The predicted octanol–water partition coefficient (Wildman–Crippen LogP) is 3.35. The van der Waals surface area contributed by atoms with Gasteiger partial charge in [-0.2, -0.15) is 0 Å². The number of rotatable bonds is 3. The van der Waals surface area contributed by atoms with Crippen molar-refractivity contribution >= 4 is 34.2 Å². The number of anilines is 1. The molecule has 3 heterocycles. The minimum absolute atomic E-state index is 0.285. The Bertz CT molecular complexity index is 784. The van der Waals surface area contributed by atoms with Crippen molar-refractivity contribution in [1.29, 1.82) is 0 Å². The van der Waals surface area contributed by atoms with Crippen molar-refractivity contribution in [2.75, 3.05) is 44.3 Å². The molecule has 1 amide bonds. The van der Waals surface area contributed by atoms with E-state index in [-0.39, 0.29) is 5.91 Å². The molecule has 26 heavy (non-hydrogen) atoms. The predicted molar refractivity (Wildman–Crippen MR) is 104 cm³/mol. The van der Waals surface area contributed by atoms with Crippen LogP contribution >= 0.6 is 11.6 Å². The first-order valence-corrected chi connectivity index (χ1v) is 9.73. The summed E-state index contributed by atoms with van der Waals surface area (Å²) in [6.07, 6.45) is 2.74. The van der Waals surface area contributed by atoms with Gasteiger partial charge in [0, 0.05) is 43.0 Å². The van der Waals surface area contributed by atoms with Gasteiger partial charge in [-0.15, -0.1) is 0 Å². The number of hydrogen-bond acceptors (Lipinski definition) is 4. The molecule has 1 aromatic heterocycles. The van der Waals surface area contributed by atoms with E-state index in [0.717, 1.165) is 60.8 Å². The third-order valence-electron chi connectivity index (χ3n) is 5.40. The number of fused-ring (bicyclic) bond motifs is 1. The maximum Gasteiger partial charge on any atom is 0.223 e. The number of pyridine rings is 1. The van der Waals surface area contributed by atoms with Crippen molar-refractivity contribution in [3.8, 4) is 0 Å². The summed E-state index contributed by atoms with van der Waals surface area (Å²) >= 11 is 6.04. The first-order valence-electron chi connectivity index (χ1n) is 9.36. The summed E-state index contributed by atoms with van der Waals surface area (Å²) in [5, 5.41) is 1.80. The van der Waals surface area contributed by atoms with Gasteiger partial charge >= 0.3 is 0 Å². The molecule has 0 N–H and O–H groups in total. The molecule has 138 valence electrons. The molecule has 0 atom stereocenters. The highest BCUT2D eigenvalue weighted by Crippen LogP contribution is 2.27. The van der Waals surface area contributed by atoms with Crippen molar-refractivity contribution in [3.05, 3.63) is 35.4 Å². The molecule has 4 rings (SSSR count). The van der Waals surface area contributed by atoms with Crippen LogP contribution in [-0.2, 0) is 9.53 Å². The van der Waals surface area contributed by atoms with Gasteiger partial charge in [-0.1, -0.05) is 11.6 Å². The normalized spacial score (nSPS) is 19.1. The third kappa shape index (κ3) is 3.94. The lowest BCUT2D eigenvalue weighted by Crippen LogP contribution is -2.42. The average molecular weight is 374 g/mol. The second-order valence-corrected chi connectivity index (χ2v) is 7.57. The molecular formula is C20H24ClN3O2. The Labute approximate surface area is 158 Å². The zero-order chi connectivity index (χ0) is 17.9. The van der Waals surface area contributed by atoms with Crippen LogP contribution in [0.4, 0.5) is 5.82 Å². The summed E-state index contributed by atoms with van der Waals surface area (Å²) in [5.74, 6) is 1.77. The Balaban J connectivity index is 1.34. The molecular weight excluding hydrogens is 350 g/mol. The number of aromatic nitrogens is 1. The number of halogens is 1. The lowest BCUT2D eigenvalue weighted by Gasteiger charge is -2.34. The number of hydrogen-bond donors (Lipinski definition) is 0. The quantitative estimate of drug-likeness (QED) is 0.827. The second kappa shape index (κ2) is 7.80. The topological polar surface area (TPSA) is 45.7 Å². The molecule has 2 aliphatic heterocycles. The molecule has 0 spiro atoms. The van der Waals surface area contributed by atoms with E-state index >= 15 is 0 Å². The van der Waals surface area contributed by atoms with E-state index in [1.165, 1.54) is 0 Å². The molecule has 0 radical (unpaired) electrons. The highest BCUT2D eigenvalue weighted by Gasteiger charge is 2.25. The van der Waals surface area contributed by atoms with Gasteiger partial charge in [0.1, 0.15) is 5.82 Å². The van der Waals surface area contributed by atoms with Gasteiger partial charge in [0.05, 0.1) is 18.7 Å². The van der Waals surface area contributed by atoms with E-state index in [0.29, 0.717) is 25.6 Å². The average Bonchev–Trinajstić information content (AvgIpc) is 2.69. The minimum atomic E-state index is 0.285. The van der Waals surface area contributed by atoms with E-state index in [4.69, 9.17) is 21.3 Å². The lowest BCUT2D eigenvalue weighted by atomic mass is 9.93.